The summed E-state index contributed by atoms with van der Waals surface area (Å²) < 4.78 is 11.0. The van der Waals surface area contributed by atoms with Gasteiger partial charge in [-0.15, -0.1) is 0 Å². The third kappa shape index (κ3) is 5.47. The van der Waals surface area contributed by atoms with Crippen LogP contribution in [0.2, 0.25) is 0 Å². The maximum Gasteiger partial charge on any atom is 0.200 e. The lowest BCUT2D eigenvalue weighted by Crippen LogP contribution is -2.21. The van der Waals surface area contributed by atoms with E-state index in [0.717, 1.165) is 12.8 Å². The Bertz CT molecular complexity index is 1140. The average Bonchev–Trinajstić information content (AvgIpc) is 2.76. The number of methoxy groups -OCH3 is 1. The standard InChI is InChI=1S/C27H32O7/c1-15(2)7-5-8-16(3)9-6-10-18-19(28)13-23-25(26(18)31)20(29)14-22(34-23)17-11-21(30)27(32)24(12-17)33-4/h7,9,11-13,22,28,30-32H,5-6,8,10,14H2,1-4H3. The quantitative estimate of drug-likeness (QED) is 0.284. The fraction of sp³-hybridized carbons (Fsp3) is 0.370. The number of hydrogen-bond donors (Lipinski definition) is 4. The smallest absolute Gasteiger partial charge is 0.200 e. The first kappa shape index (κ1) is 25.0. The highest BCUT2D eigenvalue weighted by molar-refractivity contribution is 6.03. The maximum atomic E-state index is 12.9. The van der Waals surface area contributed by atoms with Crippen molar-refractivity contribution in [3.05, 3.63) is 58.2 Å². The minimum absolute atomic E-state index is 0.0436. The third-order valence-electron chi connectivity index (χ3n) is 5.91. The van der Waals surface area contributed by atoms with Crippen molar-refractivity contribution in [2.24, 2.45) is 0 Å². The van der Waals surface area contributed by atoms with E-state index >= 15 is 0 Å². The second kappa shape index (κ2) is 10.5. The molecule has 182 valence electrons. The molecule has 1 aliphatic heterocycles. The molecular weight excluding hydrogens is 436 g/mol. The molecule has 7 nitrogen and oxygen atoms in total. The molecule has 1 heterocycles. The molecule has 1 unspecified atom stereocenters. The summed E-state index contributed by atoms with van der Waals surface area (Å²) in [6.45, 7) is 6.19. The fourth-order valence-corrected chi connectivity index (χ4v) is 4.04. The van der Waals surface area contributed by atoms with Crippen LogP contribution in [-0.4, -0.2) is 33.3 Å². The molecule has 0 saturated heterocycles. The van der Waals surface area contributed by atoms with Crippen molar-refractivity contribution < 1.29 is 34.7 Å². The van der Waals surface area contributed by atoms with E-state index in [1.165, 1.54) is 36.5 Å². The predicted molar refractivity (Wildman–Crippen MR) is 129 cm³/mol. The third-order valence-corrected chi connectivity index (χ3v) is 5.91. The predicted octanol–water partition coefficient (Wildman–Crippen LogP) is 5.85. The van der Waals surface area contributed by atoms with Gasteiger partial charge in [-0.25, -0.2) is 0 Å². The maximum absolute atomic E-state index is 12.9. The molecule has 0 aliphatic carbocycles. The van der Waals surface area contributed by atoms with Gasteiger partial charge in [0.2, 0.25) is 5.75 Å². The van der Waals surface area contributed by atoms with Gasteiger partial charge in [0, 0.05) is 17.2 Å². The van der Waals surface area contributed by atoms with E-state index in [-0.39, 0.29) is 40.8 Å². The lowest BCUT2D eigenvalue weighted by atomic mass is 9.92. The van der Waals surface area contributed by atoms with Crippen LogP contribution in [0, 0.1) is 0 Å². The molecule has 2 aromatic carbocycles. The first-order valence-corrected chi connectivity index (χ1v) is 11.3. The molecule has 0 aromatic heterocycles. The number of phenols is 4. The molecule has 2 aromatic rings. The molecule has 3 rings (SSSR count). The number of hydrogen-bond acceptors (Lipinski definition) is 7. The topological polar surface area (TPSA) is 116 Å². The van der Waals surface area contributed by atoms with Gasteiger partial charge < -0.3 is 29.9 Å². The summed E-state index contributed by atoms with van der Waals surface area (Å²) >= 11 is 0. The molecular formula is C27H32O7. The largest absolute Gasteiger partial charge is 0.507 e. The molecule has 7 heteroatoms. The van der Waals surface area contributed by atoms with Gasteiger partial charge in [-0.2, -0.15) is 0 Å². The number of carbonyl (C=O) groups excluding carboxylic acids is 1. The summed E-state index contributed by atoms with van der Waals surface area (Å²) in [7, 11) is 1.35. The number of rotatable bonds is 8. The summed E-state index contributed by atoms with van der Waals surface area (Å²) in [6.07, 6.45) is 6.31. The summed E-state index contributed by atoms with van der Waals surface area (Å²) in [6, 6.07) is 4.11. The van der Waals surface area contributed by atoms with Crippen LogP contribution in [-0.2, 0) is 6.42 Å². The van der Waals surface area contributed by atoms with Gasteiger partial charge in [0.05, 0.1) is 13.5 Å². The minimum atomic E-state index is -0.781. The number of benzene rings is 2. The number of fused-ring (bicyclic) bond motifs is 1. The highest BCUT2D eigenvalue weighted by Gasteiger charge is 2.33. The Hall–Kier alpha value is -3.61. The van der Waals surface area contributed by atoms with E-state index in [9.17, 15) is 25.2 Å². The van der Waals surface area contributed by atoms with Crippen molar-refractivity contribution in [2.45, 2.75) is 59.0 Å². The van der Waals surface area contributed by atoms with E-state index in [1.807, 2.05) is 0 Å². The number of aromatic hydroxyl groups is 4. The Morgan fingerprint density at radius 2 is 1.76 bits per heavy atom. The van der Waals surface area contributed by atoms with Crippen molar-refractivity contribution in [2.75, 3.05) is 7.11 Å². The molecule has 34 heavy (non-hydrogen) atoms. The van der Waals surface area contributed by atoms with E-state index < -0.39 is 17.6 Å². The van der Waals surface area contributed by atoms with Crippen LogP contribution < -0.4 is 9.47 Å². The van der Waals surface area contributed by atoms with Gasteiger partial charge in [0.25, 0.3) is 0 Å². The molecule has 0 spiro atoms. The molecule has 0 fully saturated rings. The summed E-state index contributed by atoms with van der Waals surface area (Å²) in [5.74, 6) is -1.45. The van der Waals surface area contributed by atoms with Gasteiger partial charge in [0.15, 0.2) is 17.3 Å². The summed E-state index contributed by atoms with van der Waals surface area (Å²) in [5.41, 5.74) is 3.29. The van der Waals surface area contributed by atoms with Gasteiger partial charge >= 0.3 is 0 Å². The molecule has 1 aliphatic rings. The van der Waals surface area contributed by atoms with Gasteiger partial charge in [-0.05, 0) is 58.6 Å². The Labute approximate surface area is 199 Å². The second-order valence-corrected chi connectivity index (χ2v) is 8.83. The van der Waals surface area contributed by atoms with Crippen molar-refractivity contribution in [1.82, 2.24) is 0 Å². The van der Waals surface area contributed by atoms with Crippen molar-refractivity contribution in [3.63, 3.8) is 0 Å². The van der Waals surface area contributed by atoms with Crippen molar-refractivity contribution in [3.8, 4) is 34.5 Å². The van der Waals surface area contributed by atoms with Crippen LogP contribution in [0.1, 0.15) is 74.0 Å². The normalized spacial score (nSPS) is 15.5. The lowest BCUT2D eigenvalue weighted by Gasteiger charge is -2.27. The number of phenolic OH excluding ortho intramolecular Hbond substituents is 4. The lowest BCUT2D eigenvalue weighted by molar-refractivity contribution is 0.0843. The van der Waals surface area contributed by atoms with E-state index in [4.69, 9.17) is 9.47 Å². The molecule has 0 amide bonds. The van der Waals surface area contributed by atoms with Crippen LogP contribution in [0.25, 0.3) is 0 Å². The monoisotopic (exact) mass is 468 g/mol. The number of carbonyl (C=O) groups is 1. The molecule has 0 saturated carbocycles. The Balaban J connectivity index is 1.80. The van der Waals surface area contributed by atoms with Gasteiger partial charge in [0.1, 0.15) is 28.9 Å². The molecule has 1 atom stereocenters. The Kier molecular flexibility index (Phi) is 7.76. The number of ketones is 1. The molecule has 0 bridgehead atoms. The van der Waals surface area contributed by atoms with Crippen LogP contribution in [0.4, 0.5) is 0 Å². The highest BCUT2D eigenvalue weighted by Crippen LogP contribution is 2.46. The summed E-state index contributed by atoms with van der Waals surface area (Å²) in [4.78, 5) is 12.9. The van der Waals surface area contributed by atoms with Crippen molar-refractivity contribution >= 4 is 5.78 Å². The SMILES string of the molecule is COc1cc(C2CC(=O)c3c(cc(O)c(CCC=C(C)CCC=C(C)C)c3O)O2)cc(O)c1O. The van der Waals surface area contributed by atoms with Gasteiger partial charge in [-0.3, -0.25) is 4.79 Å². The fourth-order valence-electron chi connectivity index (χ4n) is 4.04. The molecule has 4 N–H and O–H groups in total. The van der Waals surface area contributed by atoms with Crippen molar-refractivity contribution in [1.29, 1.82) is 0 Å². The van der Waals surface area contributed by atoms with Crippen LogP contribution >= 0.6 is 0 Å². The second-order valence-electron chi connectivity index (χ2n) is 8.83. The zero-order valence-corrected chi connectivity index (χ0v) is 20.0. The van der Waals surface area contributed by atoms with E-state index in [2.05, 4.69) is 32.9 Å². The number of Topliss-reactive ketones (excluding diaryl/α,β-unsaturated/α-hetero) is 1. The zero-order valence-electron chi connectivity index (χ0n) is 20.0. The van der Waals surface area contributed by atoms with E-state index in [0.29, 0.717) is 24.0 Å². The first-order valence-electron chi connectivity index (χ1n) is 11.3. The first-order chi connectivity index (χ1) is 16.1. The Morgan fingerprint density at radius 1 is 1.03 bits per heavy atom. The number of allylic oxidation sites excluding steroid dienone is 4. The number of ether oxygens (including phenoxy) is 2. The molecule has 0 radical (unpaired) electrons. The highest BCUT2D eigenvalue weighted by atomic mass is 16.5. The minimum Gasteiger partial charge on any atom is -0.507 e. The van der Waals surface area contributed by atoms with E-state index in [1.54, 1.807) is 0 Å². The summed E-state index contributed by atoms with van der Waals surface area (Å²) in [5, 5.41) is 41.2. The van der Waals surface area contributed by atoms with Crippen LogP contribution in [0.3, 0.4) is 0 Å². The zero-order chi connectivity index (χ0) is 25.0. The average molecular weight is 469 g/mol. The van der Waals surface area contributed by atoms with Crippen LogP contribution in [0.15, 0.2) is 41.5 Å². The van der Waals surface area contributed by atoms with Crippen LogP contribution in [0.5, 0.6) is 34.5 Å². The Morgan fingerprint density at radius 3 is 2.44 bits per heavy atom. The van der Waals surface area contributed by atoms with Gasteiger partial charge in [-0.1, -0.05) is 23.3 Å².